The molecule has 3 aromatic rings. The van der Waals surface area contributed by atoms with E-state index in [0.29, 0.717) is 22.3 Å². The lowest BCUT2D eigenvalue weighted by Crippen LogP contribution is -2.43. The van der Waals surface area contributed by atoms with Crippen molar-refractivity contribution in [2.45, 2.75) is 17.9 Å². The molecule has 1 aliphatic rings. The lowest BCUT2D eigenvalue weighted by molar-refractivity contribution is -0.116. The van der Waals surface area contributed by atoms with E-state index in [4.69, 9.17) is 0 Å². The first-order valence-electron chi connectivity index (χ1n) is 8.90. The summed E-state index contributed by atoms with van der Waals surface area (Å²) >= 11 is 0. The number of carbonyl (C=O) groups is 2. The van der Waals surface area contributed by atoms with E-state index >= 15 is 0 Å². The molecule has 0 spiro atoms. The van der Waals surface area contributed by atoms with Gasteiger partial charge in [0.05, 0.1) is 23.3 Å². The lowest BCUT2D eigenvalue weighted by Gasteiger charge is -2.25. The van der Waals surface area contributed by atoms with Crippen LogP contribution in [0.25, 0.3) is 10.8 Å². The molecule has 1 atom stereocenters. The van der Waals surface area contributed by atoms with Crippen LogP contribution in [-0.4, -0.2) is 33.4 Å². The van der Waals surface area contributed by atoms with Crippen molar-refractivity contribution >= 4 is 44.0 Å². The molecule has 1 aliphatic heterocycles. The summed E-state index contributed by atoms with van der Waals surface area (Å²) in [5, 5.41) is 4.13. The average Bonchev–Trinajstić information content (AvgIpc) is 2.96. The average molecular weight is 410 g/mol. The highest BCUT2D eigenvalue weighted by molar-refractivity contribution is 7.93. The Hall–Kier alpha value is -3.39. The zero-order chi connectivity index (χ0) is 20.8. The van der Waals surface area contributed by atoms with Gasteiger partial charge in [0.2, 0.25) is 5.91 Å². The van der Waals surface area contributed by atoms with Crippen LogP contribution < -0.4 is 9.62 Å². The number of ether oxygens (including phenoxy) is 1. The normalized spacial score (nSPS) is 15.2. The standard InChI is InChI=1S/C21H18N2O5S/c1-13(20(24)22-16-11-9-15(10-12-16)21(25)28-2)23-17-7-3-5-14-6-4-8-18(19(14)17)29(23,26)27/h3-13H,1-2H3,(H,22,24)/t13-/m1/s1. The molecule has 0 aromatic heterocycles. The van der Waals surface area contributed by atoms with Crippen LogP contribution in [0.15, 0.2) is 65.6 Å². The number of esters is 1. The summed E-state index contributed by atoms with van der Waals surface area (Å²) in [6, 6.07) is 15.6. The Balaban J connectivity index is 1.63. The molecule has 3 aromatic carbocycles. The molecule has 0 saturated heterocycles. The molecule has 0 saturated carbocycles. The zero-order valence-corrected chi connectivity index (χ0v) is 16.6. The van der Waals surface area contributed by atoms with Crippen molar-refractivity contribution in [2.75, 3.05) is 16.7 Å². The van der Waals surface area contributed by atoms with E-state index in [0.717, 1.165) is 9.69 Å². The van der Waals surface area contributed by atoms with Gasteiger partial charge < -0.3 is 10.1 Å². The smallest absolute Gasteiger partial charge is 0.337 e. The van der Waals surface area contributed by atoms with Gasteiger partial charge in [-0.15, -0.1) is 0 Å². The maximum atomic E-state index is 13.1. The molecule has 1 heterocycles. The number of hydrogen-bond acceptors (Lipinski definition) is 5. The van der Waals surface area contributed by atoms with Crippen molar-refractivity contribution in [1.29, 1.82) is 0 Å². The highest BCUT2D eigenvalue weighted by Gasteiger charge is 2.40. The van der Waals surface area contributed by atoms with Crippen molar-refractivity contribution in [3.05, 3.63) is 66.2 Å². The third-order valence-corrected chi connectivity index (χ3v) is 6.85. The van der Waals surface area contributed by atoms with E-state index in [1.807, 2.05) is 12.1 Å². The second kappa shape index (κ2) is 6.89. The van der Waals surface area contributed by atoms with Crippen LogP contribution in [0.3, 0.4) is 0 Å². The monoisotopic (exact) mass is 410 g/mol. The van der Waals surface area contributed by atoms with Crippen molar-refractivity contribution in [2.24, 2.45) is 0 Å². The second-order valence-corrected chi connectivity index (χ2v) is 8.45. The summed E-state index contributed by atoms with van der Waals surface area (Å²) in [6.45, 7) is 1.54. The van der Waals surface area contributed by atoms with Gasteiger partial charge >= 0.3 is 5.97 Å². The number of rotatable bonds is 4. The summed E-state index contributed by atoms with van der Waals surface area (Å²) in [5.41, 5.74) is 1.28. The Kier molecular flexibility index (Phi) is 4.50. The molecule has 8 heteroatoms. The largest absolute Gasteiger partial charge is 0.465 e. The summed E-state index contributed by atoms with van der Waals surface area (Å²) < 4.78 is 32.0. The van der Waals surface area contributed by atoms with Gasteiger partial charge in [-0.1, -0.05) is 24.3 Å². The highest BCUT2D eigenvalue weighted by atomic mass is 32.2. The molecule has 0 aliphatic carbocycles. The summed E-state index contributed by atoms with van der Waals surface area (Å²) in [7, 11) is -2.56. The van der Waals surface area contributed by atoms with Crippen LogP contribution in [-0.2, 0) is 19.6 Å². The van der Waals surface area contributed by atoms with Crippen LogP contribution in [0, 0.1) is 0 Å². The van der Waals surface area contributed by atoms with Crippen LogP contribution in [0.2, 0.25) is 0 Å². The molecule has 0 radical (unpaired) electrons. The molecule has 4 rings (SSSR count). The third kappa shape index (κ3) is 3.01. The fraction of sp³-hybridized carbons (Fsp3) is 0.143. The Morgan fingerprint density at radius 1 is 1.00 bits per heavy atom. The molecule has 148 valence electrons. The molecule has 0 bridgehead atoms. The fourth-order valence-electron chi connectivity index (χ4n) is 3.50. The first-order chi connectivity index (χ1) is 13.8. The maximum Gasteiger partial charge on any atom is 0.337 e. The van der Waals surface area contributed by atoms with Gasteiger partial charge in [-0.2, -0.15) is 0 Å². The van der Waals surface area contributed by atoms with Gasteiger partial charge in [0.25, 0.3) is 10.0 Å². The van der Waals surface area contributed by atoms with E-state index in [2.05, 4.69) is 10.1 Å². The molecule has 7 nitrogen and oxygen atoms in total. The predicted octanol–water partition coefficient (Wildman–Crippen LogP) is 3.16. The van der Waals surface area contributed by atoms with Gasteiger partial charge in [0, 0.05) is 11.1 Å². The second-order valence-electron chi connectivity index (χ2n) is 6.67. The van der Waals surface area contributed by atoms with Gasteiger partial charge in [0.1, 0.15) is 6.04 Å². The number of nitrogens with one attached hydrogen (secondary N) is 1. The molecule has 1 amide bonds. The molecular formula is C21H18N2O5S. The maximum absolute atomic E-state index is 13.1. The fourth-order valence-corrected chi connectivity index (χ4v) is 5.36. The van der Waals surface area contributed by atoms with E-state index in [1.165, 1.54) is 19.2 Å². The van der Waals surface area contributed by atoms with E-state index in [1.54, 1.807) is 43.3 Å². The Morgan fingerprint density at radius 2 is 1.66 bits per heavy atom. The van der Waals surface area contributed by atoms with Crippen LogP contribution in [0.1, 0.15) is 17.3 Å². The number of hydrogen-bond donors (Lipinski definition) is 1. The number of methoxy groups -OCH3 is 1. The zero-order valence-electron chi connectivity index (χ0n) is 15.7. The minimum atomic E-state index is -3.85. The van der Waals surface area contributed by atoms with E-state index in [-0.39, 0.29) is 4.90 Å². The summed E-state index contributed by atoms with van der Waals surface area (Å²) in [5.74, 6) is -0.963. The molecule has 0 fully saturated rings. The Morgan fingerprint density at radius 3 is 2.31 bits per heavy atom. The molecule has 29 heavy (non-hydrogen) atoms. The first-order valence-corrected chi connectivity index (χ1v) is 10.3. The lowest BCUT2D eigenvalue weighted by atomic mass is 10.1. The number of amides is 1. The Bertz CT molecular complexity index is 1230. The summed E-state index contributed by atoms with van der Waals surface area (Å²) in [6.07, 6.45) is 0. The van der Waals surface area contributed by atoms with Crippen molar-refractivity contribution in [3.63, 3.8) is 0 Å². The molecule has 0 unspecified atom stereocenters. The summed E-state index contributed by atoms with van der Waals surface area (Å²) in [4.78, 5) is 24.5. The van der Waals surface area contributed by atoms with Crippen LogP contribution in [0.5, 0.6) is 0 Å². The van der Waals surface area contributed by atoms with Gasteiger partial charge in [-0.25, -0.2) is 13.2 Å². The predicted molar refractivity (Wildman–Crippen MR) is 109 cm³/mol. The number of nitrogens with zero attached hydrogens (tertiary/aromatic N) is 1. The number of benzene rings is 3. The SMILES string of the molecule is COC(=O)c1ccc(NC(=O)[C@@H](C)N2c3cccc4cccc(c34)S2(=O)=O)cc1. The quantitative estimate of drug-likeness (QED) is 0.667. The van der Waals surface area contributed by atoms with E-state index < -0.39 is 27.9 Å². The van der Waals surface area contributed by atoms with Gasteiger partial charge in [0.15, 0.2) is 0 Å². The minimum absolute atomic E-state index is 0.202. The highest BCUT2D eigenvalue weighted by Crippen LogP contribution is 2.43. The topological polar surface area (TPSA) is 92.8 Å². The number of anilines is 2. The Labute approximate surface area is 167 Å². The van der Waals surface area contributed by atoms with Crippen LogP contribution in [0.4, 0.5) is 11.4 Å². The van der Waals surface area contributed by atoms with E-state index in [9.17, 15) is 18.0 Å². The minimum Gasteiger partial charge on any atom is -0.465 e. The molecular weight excluding hydrogens is 392 g/mol. The number of carbonyl (C=O) groups excluding carboxylic acids is 2. The first kappa shape index (κ1) is 18.9. The van der Waals surface area contributed by atoms with Gasteiger partial charge in [-0.05, 0) is 48.7 Å². The van der Waals surface area contributed by atoms with Crippen molar-refractivity contribution in [1.82, 2.24) is 0 Å². The van der Waals surface area contributed by atoms with Crippen molar-refractivity contribution < 1.29 is 22.7 Å². The number of sulfonamides is 1. The van der Waals surface area contributed by atoms with Gasteiger partial charge in [-0.3, -0.25) is 9.10 Å². The van der Waals surface area contributed by atoms with Crippen molar-refractivity contribution in [3.8, 4) is 0 Å². The third-order valence-electron chi connectivity index (χ3n) is 4.92. The molecule has 1 N–H and O–H groups in total. The van der Waals surface area contributed by atoms with Crippen LogP contribution >= 0.6 is 0 Å².